The fourth-order valence-corrected chi connectivity index (χ4v) is 2.95. The lowest BCUT2D eigenvalue weighted by Crippen LogP contribution is -2.30. The van der Waals surface area contributed by atoms with E-state index in [9.17, 15) is 4.79 Å². The molecule has 0 aliphatic carbocycles. The molecule has 0 N–H and O–H groups in total. The molecule has 102 valence electrons. The molecule has 1 fully saturated rings. The Bertz CT molecular complexity index is 830. The molecule has 0 bridgehead atoms. The average molecular weight is 270 g/mol. The van der Waals surface area contributed by atoms with Crippen molar-refractivity contribution in [2.24, 2.45) is 0 Å². The zero-order valence-corrected chi connectivity index (χ0v) is 10.9. The van der Waals surface area contributed by atoms with Crippen LogP contribution in [0.25, 0.3) is 16.7 Å². The molecule has 0 saturated carbocycles. The van der Waals surface area contributed by atoms with Gasteiger partial charge in [-0.3, -0.25) is 9.20 Å². The molecule has 6 heteroatoms. The Labute approximate surface area is 114 Å². The van der Waals surface area contributed by atoms with Gasteiger partial charge in [0.15, 0.2) is 0 Å². The van der Waals surface area contributed by atoms with Crippen molar-refractivity contribution in [2.75, 3.05) is 13.2 Å². The lowest BCUT2D eigenvalue weighted by Gasteiger charge is -2.25. The van der Waals surface area contributed by atoms with Crippen LogP contribution in [0.3, 0.4) is 0 Å². The number of hydrogen-bond donors (Lipinski definition) is 0. The van der Waals surface area contributed by atoms with Crippen molar-refractivity contribution in [3.63, 3.8) is 0 Å². The van der Waals surface area contributed by atoms with Crippen LogP contribution in [0.4, 0.5) is 0 Å². The second-order valence-electron chi connectivity index (χ2n) is 5.03. The van der Waals surface area contributed by atoms with Gasteiger partial charge >= 0.3 is 0 Å². The Hall–Kier alpha value is -2.21. The highest BCUT2D eigenvalue weighted by molar-refractivity contribution is 5.78. The number of hydrogen-bond acceptors (Lipinski definition) is 4. The third kappa shape index (κ3) is 1.58. The first-order valence-electron chi connectivity index (χ1n) is 6.77. The van der Waals surface area contributed by atoms with Crippen molar-refractivity contribution in [3.8, 4) is 0 Å². The lowest BCUT2D eigenvalue weighted by atomic mass is 10.1. The number of nitrogens with zero attached hydrogens (tertiary/aromatic N) is 4. The first-order valence-corrected chi connectivity index (χ1v) is 6.77. The fraction of sp³-hybridized carbons (Fsp3) is 0.357. The highest BCUT2D eigenvalue weighted by atomic mass is 16.5. The summed E-state index contributed by atoms with van der Waals surface area (Å²) in [7, 11) is 0. The molecule has 3 aromatic rings. The van der Waals surface area contributed by atoms with E-state index in [4.69, 9.17) is 4.74 Å². The highest BCUT2D eigenvalue weighted by Crippen LogP contribution is 2.24. The predicted octanol–water partition coefficient (Wildman–Crippen LogP) is 1.40. The third-order valence-corrected chi connectivity index (χ3v) is 3.91. The highest BCUT2D eigenvalue weighted by Gasteiger charge is 2.21. The molecular weight excluding hydrogens is 256 g/mol. The van der Waals surface area contributed by atoms with Crippen molar-refractivity contribution < 1.29 is 4.74 Å². The van der Waals surface area contributed by atoms with Gasteiger partial charge in [0.05, 0.1) is 11.0 Å². The molecule has 0 spiro atoms. The van der Waals surface area contributed by atoms with Crippen LogP contribution >= 0.6 is 0 Å². The van der Waals surface area contributed by atoms with Gasteiger partial charge in [-0.25, -0.2) is 0 Å². The lowest BCUT2D eigenvalue weighted by molar-refractivity contribution is 0.0699. The molecular formula is C14H14N4O2. The number of ether oxygens (including phenoxy) is 1. The van der Waals surface area contributed by atoms with Crippen LogP contribution < -0.4 is 5.56 Å². The van der Waals surface area contributed by atoms with Crippen LogP contribution in [0.2, 0.25) is 0 Å². The summed E-state index contributed by atoms with van der Waals surface area (Å²) in [6.45, 7) is 1.40. The minimum absolute atomic E-state index is 0.0758. The molecule has 1 aliphatic heterocycles. The van der Waals surface area contributed by atoms with Gasteiger partial charge < -0.3 is 9.30 Å². The maximum absolute atomic E-state index is 12.7. The van der Waals surface area contributed by atoms with Crippen molar-refractivity contribution in [1.82, 2.24) is 19.2 Å². The normalized spacial score (nSPS) is 17.0. The molecule has 0 radical (unpaired) electrons. The number of rotatable bonds is 1. The second kappa shape index (κ2) is 4.42. The van der Waals surface area contributed by atoms with Gasteiger partial charge in [-0.15, -0.1) is 10.2 Å². The summed E-state index contributed by atoms with van der Waals surface area (Å²) in [6, 6.07) is 8.05. The molecule has 1 aromatic carbocycles. The molecule has 2 aromatic heterocycles. The monoisotopic (exact) mass is 270 g/mol. The Morgan fingerprint density at radius 3 is 2.70 bits per heavy atom. The van der Waals surface area contributed by atoms with Crippen LogP contribution in [0, 0.1) is 0 Å². The minimum Gasteiger partial charge on any atom is -0.381 e. The van der Waals surface area contributed by atoms with E-state index in [1.54, 1.807) is 10.7 Å². The quantitative estimate of drug-likeness (QED) is 0.670. The molecule has 1 aliphatic rings. The van der Waals surface area contributed by atoms with Crippen molar-refractivity contribution in [3.05, 3.63) is 40.9 Å². The SMILES string of the molecule is O=c1c2nncn2c2ccccc2n1C1CCOCC1. The van der Waals surface area contributed by atoms with Crippen LogP contribution in [0.5, 0.6) is 0 Å². The van der Waals surface area contributed by atoms with E-state index in [0.717, 1.165) is 23.9 Å². The third-order valence-electron chi connectivity index (χ3n) is 3.91. The van der Waals surface area contributed by atoms with Gasteiger partial charge in [0.1, 0.15) is 6.33 Å². The van der Waals surface area contributed by atoms with Crippen molar-refractivity contribution in [1.29, 1.82) is 0 Å². The smallest absolute Gasteiger partial charge is 0.296 e. The summed E-state index contributed by atoms with van der Waals surface area (Å²) < 4.78 is 9.02. The van der Waals surface area contributed by atoms with Crippen molar-refractivity contribution >= 4 is 16.7 Å². The molecule has 20 heavy (non-hydrogen) atoms. The zero-order valence-electron chi connectivity index (χ0n) is 10.9. The number of para-hydroxylation sites is 2. The summed E-state index contributed by atoms with van der Waals surface area (Å²) >= 11 is 0. The van der Waals surface area contributed by atoms with E-state index >= 15 is 0 Å². The molecule has 0 amide bonds. The van der Waals surface area contributed by atoms with E-state index < -0.39 is 0 Å². The topological polar surface area (TPSA) is 61.4 Å². The second-order valence-corrected chi connectivity index (χ2v) is 5.03. The molecule has 6 nitrogen and oxygen atoms in total. The number of fused-ring (bicyclic) bond motifs is 3. The Kier molecular flexibility index (Phi) is 2.56. The van der Waals surface area contributed by atoms with Gasteiger partial charge in [-0.1, -0.05) is 12.1 Å². The van der Waals surface area contributed by atoms with E-state index in [1.165, 1.54) is 0 Å². The number of benzene rings is 1. The van der Waals surface area contributed by atoms with E-state index in [1.807, 2.05) is 28.8 Å². The Morgan fingerprint density at radius 1 is 1.15 bits per heavy atom. The summed E-state index contributed by atoms with van der Waals surface area (Å²) in [5.74, 6) is 0. The van der Waals surface area contributed by atoms with Gasteiger partial charge in [0, 0.05) is 19.3 Å². The summed E-state index contributed by atoms with van der Waals surface area (Å²) in [5.41, 5.74) is 2.19. The standard InChI is InChI=1S/C14H14N4O2/c19-14-13-16-15-9-17(13)11-3-1-2-4-12(11)18(14)10-5-7-20-8-6-10/h1-4,9-10H,5-8H2. The predicted molar refractivity (Wildman–Crippen MR) is 73.8 cm³/mol. The van der Waals surface area contributed by atoms with Crippen molar-refractivity contribution in [2.45, 2.75) is 18.9 Å². The molecule has 0 atom stereocenters. The molecule has 1 saturated heterocycles. The summed E-state index contributed by atoms with van der Waals surface area (Å²) in [6.07, 6.45) is 3.30. The van der Waals surface area contributed by atoms with E-state index in [-0.39, 0.29) is 11.6 Å². The first-order chi connectivity index (χ1) is 9.86. The average Bonchev–Trinajstić information content (AvgIpc) is 2.99. The largest absolute Gasteiger partial charge is 0.381 e. The summed E-state index contributed by atoms with van der Waals surface area (Å²) in [5, 5.41) is 7.85. The zero-order chi connectivity index (χ0) is 13.5. The molecule has 3 heterocycles. The fourth-order valence-electron chi connectivity index (χ4n) is 2.95. The summed E-state index contributed by atoms with van der Waals surface area (Å²) in [4.78, 5) is 12.7. The van der Waals surface area contributed by atoms with Crippen LogP contribution in [0.1, 0.15) is 18.9 Å². The Balaban J connectivity index is 2.10. The number of aromatic nitrogens is 4. The maximum atomic E-state index is 12.7. The molecule has 4 rings (SSSR count). The van der Waals surface area contributed by atoms with Crippen LogP contribution in [-0.2, 0) is 4.74 Å². The van der Waals surface area contributed by atoms with Crippen LogP contribution in [0.15, 0.2) is 35.4 Å². The molecule has 0 unspecified atom stereocenters. The van der Waals surface area contributed by atoms with Gasteiger partial charge in [-0.05, 0) is 25.0 Å². The Morgan fingerprint density at radius 2 is 1.90 bits per heavy atom. The van der Waals surface area contributed by atoms with Gasteiger partial charge in [-0.2, -0.15) is 0 Å². The van der Waals surface area contributed by atoms with E-state index in [2.05, 4.69) is 10.2 Å². The van der Waals surface area contributed by atoms with Crippen LogP contribution in [-0.4, -0.2) is 32.4 Å². The van der Waals surface area contributed by atoms with E-state index in [0.29, 0.717) is 18.9 Å². The maximum Gasteiger partial charge on any atom is 0.296 e. The first kappa shape index (κ1) is 11.6. The van der Waals surface area contributed by atoms with Gasteiger partial charge in [0.2, 0.25) is 5.65 Å². The minimum atomic E-state index is -0.0758. The van der Waals surface area contributed by atoms with Gasteiger partial charge in [0.25, 0.3) is 5.56 Å².